The number of hydrogen-bond donors (Lipinski definition) is 1. The van der Waals surface area contributed by atoms with Gasteiger partial charge in [-0.2, -0.15) is 0 Å². The van der Waals surface area contributed by atoms with Gasteiger partial charge in [0.25, 0.3) is 0 Å². The lowest BCUT2D eigenvalue weighted by molar-refractivity contribution is 0.161. The zero-order chi connectivity index (χ0) is 6.85. The van der Waals surface area contributed by atoms with E-state index in [4.69, 9.17) is 5.11 Å². The summed E-state index contributed by atoms with van der Waals surface area (Å²) < 4.78 is 24.3. The fourth-order valence-electron chi connectivity index (χ4n) is 0.546. The van der Waals surface area contributed by atoms with E-state index in [-0.39, 0.29) is 0 Å². The Morgan fingerprint density at radius 1 is 1.44 bits per heavy atom. The van der Waals surface area contributed by atoms with Gasteiger partial charge in [0.05, 0.1) is 0 Å². The van der Waals surface area contributed by atoms with Crippen molar-refractivity contribution in [2.24, 2.45) is 0 Å². The molecule has 1 N–H and O–H groups in total. The van der Waals surface area contributed by atoms with Gasteiger partial charge >= 0.3 is 0 Å². The molecule has 1 unspecified atom stereocenters. The molecule has 3 heteroatoms. The molecule has 1 aliphatic rings. The maximum absolute atomic E-state index is 12.1. The molecule has 0 saturated carbocycles. The average Bonchev–Trinajstić information content (AvgIpc) is 1.83. The van der Waals surface area contributed by atoms with E-state index in [0.717, 1.165) is 12.2 Å². The van der Waals surface area contributed by atoms with E-state index in [1.165, 1.54) is 6.08 Å². The number of aliphatic hydroxyl groups excluding tert-OH is 1. The Hall–Kier alpha value is -0.700. The Kier molecular flexibility index (Phi) is 1.62. The molecule has 1 aliphatic carbocycles. The standard InChI is InChI=1S/C6H5F2O/c7-4-2-1-3-5(8)6(4)9/h1-3,6,9H. The summed E-state index contributed by atoms with van der Waals surface area (Å²) >= 11 is 0. The Balaban J connectivity index is 2.73. The van der Waals surface area contributed by atoms with Crippen LogP contribution in [-0.4, -0.2) is 11.2 Å². The van der Waals surface area contributed by atoms with Crippen molar-refractivity contribution in [3.63, 3.8) is 0 Å². The predicted molar refractivity (Wildman–Crippen MR) is 28.7 cm³/mol. The molecule has 0 heterocycles. The molecule has 1 atom stereocenters. The van der Waals surface area contributed by atoms with Gasteiger partial charge in [0.2, 0.25) is 6.17 Å². The van der Waals surface area contributed by atoms with Crippen molar-refractivity contribution in [2.75, 3.05) is 0 Å². The zero-order valence-electron chi connectivity index (χ0n) is 4.51. The molecular weight excluding hydrogens is 126 g/mol. The maximum Gasteiger partial charge on any atom is 0.201 e. The molecule has 0 saturated heterocycles. The summed E-state index contributed by atoms with van der Waals surface area (Å²) in [6, 6.07) is 0. The van der Waals surface area contributed by atoms with Crippen LogP contribution in [0.3, 0.4) is 0 Å². The van der Waals surface area contributed by atoms with Crippen LogP contribution >= 0.6 is 0 Å². The third-order valence-electron chi connectivity index (χ3n) is 1.03. The number of aliphatic hydroxyl groups is 1. The average molecular weight is 131 g/mol. The van der Waals surface area contributed by atoms with Gasteiger partial charge < -0.3 is 5.11 Å². The SMILES string of the molecule is OC1[C](F)C=CC=C1F. The molecule has 0 fully saturated rings. The first-order valence-corrected chi connectivity index (χ1v) is 2.46. The predicted octanol–water partition coefficient (Wildman–Crippen LogP) is 1.27. The van der Waals surface area contributed by atoms with E-state index in [2.05, 4.69) is 0 Å². The summed E-state index contributed by atoms with van der Waals surface area (Å²) in [5.74, 6) is -0.852. The first-order valence-electron chi connectivity index (χ1n) is 2.46. The van der Waals surface area contributed by atoms with Crippen LogP contribution in [0.2, 0.25) is 0 Å². The maximum atomic E-state index is 12.1. The highest BCUT2D eigenvalue weighted by atomic mass is 19.1. The van der Waals surface area contributed by atoms with Gasteiger partial charge in [-0.05, 0) is 12.2 Å². The molecule has 1 nitrogen and oxygen atoms in total. The van der Waals surface area contributed by atoms with Gasteiger partial charge in [-0.25, -0.2) is 8.78 Å². The van der Waals surface area contributed by atoms with Crippen molar-refractivity contribution >= 4 is 0 Å². The van der Waals surface area contributed by atoms with Gasteiger partial charge in [-0.1, -0.05) is 6.08 Å². The van der Waals surface area contributed by atoms with Crippen LogP contribution in [0.4, 0.5) is 8.78 Å². The summed E-state index contributed by atoms with van der Waals surface area (Å²) in [5, 5.41) is 8.54. The topological polar surface area (TPSA) is 20.2 Å². The first kappa shape index (κ1) is 6.42. The monoisotopic (exact) mass is 131 g/mol. The molecule has 0 aromatic rings. The van der Waals surface area contributed by atoms with Crippen LogP contribution in [0.25, 0.3) is 0 Å². The highest BCUT2D eigenvalue weighted by molar-refractivity contribution is 5.27. The molecule has 0 aromatic carbocycles. The van der Waals surface area contributed by atoms with E-state index >= 15 is 0 Å². The van der Waals surface area contributed by atoms with Crippen molar-refractivity contribution in [1.29, 1.82) is 0 Å². The fraction of sp³-hybridized carbons (Fsp3) is 0.167. The van der Waals surface area contributed by atoms with E-state index < -0.39 is 18.1 Å². The van der Waals surface area contributed by atoms with Crippen LogP contribution in [0.5, 0.6) is 0 Å². The van der Waals surface area contributed by atoms with Gasteiger partial charge in [0.15, 0.2) is 0 Å². The number of rotatable bonds is 0. The van der Waals surface area contributed by atoms with Gasteiger partial charge in [-0.3, -0.25) is 0 Å². The lowest BCUT2D eigenvalue weighted by atomic mass is 10.1. The minimum atomic E-state index is -1.67. The van der Waals surface area contributed by atoms with Crippen molar-refractivity contribution in [2.45, 2.75) is 6.10 Å². The number of halogens is 2. The molecule has 49 valence electrons. The second-order valence-corrected chi connectivity index (χ2v) is 1.70. The number of hydrogen-bond acceptors (Lipinski definition) is 1. The van der Waals surface area contributed by atoms with Crippen molar-refractivity contribution < 1.29 is 13.9 Å². The summed E-state index contributed by atoms with van der Waals surface area (Å²) in [6.07, 6.45) is 0.726. The lowest BCUT2D eigenvalue weighted by Gasteiger charge is -2.10. The van der Waals surface area contributed by atoms with Crippen molar-refractivity contribution in [3.05, 3.63) is 30.2 Å². The zero-order valence-corrected chi connectivity index (χ0v) is 4.51. The van der Waals surface area contributed by atoms with Gasteiger partial charge in [0, 0.05) is 0 Å². The highest BCUT2D eigenvalue weighted by Crippen LogP contribution is 2.22. The van der Waals surface area contributed by atoms with Crippen LogP contribution < -0.4 is 0 Å². The Morgan fingerprint density at radius 3 is 2.56 bits per heavy atom. The quantitative estimate of drug-likeness (QED) is 0.525. The van der Waals surface area contributed by atoms with Crippen molar-refractivity contribution in [1.82, 2.24) is 0 Å². The highest BCUT2D eigenvalue weighted by Gasteiger charge is 2.23. The third-order valence-corrected chi connectivity index (χ3v) is 1.03. The molecule has 0 aliphatic heterocycles. The van der Waals surface area contributed by atoms with Gasteiger partial charge in [-0.15, -0.1) is 0 Å². The summed E-state index contributed by atoms with van der Waals surface area (Å²) in [5.41, 5.74) is 0. The molecule has 0 amide bonds. The molecule has 0 spiro atoms. The fourth-order valence-corrected chi connectivity index (χ4v) is 0.546. The number of allylic oxidation sites excluding steroid dienone is 2. The molecule has 9 heavy (non-hydrogen) atoms. The molecular formula is C6H5F2O. The largest absolute Gasteiger partial charge is 0.382 e. The van der Waals surface area contributed by atoms with Gasteiger partial charge in [0.1, 0.15) is 11.9 Å². The Bertz CT molecular complexity index is 162. The minimum absolute atomic E-state index is 0.852. The second kappa shape index (κ2) is 2.27. The van der Waals surface area contributed by atoms with E-state index in [0.29, 0.717) is 0 Å². The van der Waals surface area contributed by atoms with Crippen LogP contribution in [0, 0.1) is 6.17 Å². The first-order chi connectivity index (χ1) is 4.22. The minimum Gasteiger partial charge on any atom is -0.382 e. The smallest absolute Gasteiger partial charge is 0.201 e. The van der Waals surface area contributed by atoms with Crippen LogP contribution in [0.1, 0.15) is 0 Å². The molecule has 1 radical (unpaired) electrons. The lowest BCUT2D eigenvalue weighted by Crippen LogP contribution is -2.15. The van der Waals surface area contributed by atoms with E-state index in [9.17, 15) is 8.78 Å². The molecule has 0 bridgehead atoms. The van der Waals surface area contributed by atoms with E-state index in [1.54, 1.807) is 0 Å². The Labute approximate surface area is 51.3 Å². The summed E-state index contributed by atoms with van der Waals surface area (Å²) in [4.78, 5) is 0. The second-order valence-electron chi connectivity index (χ2n) is 1.70. The van der Waals surface area contributed by atoms with E-state index in [1.807, 2.05) is 0 Å². The van der Waals surface area contributed by atoms with Crippen LogP contribution in [-0.2, 0) is 0 Å². The van der Waals surface area contributed by atoms with Crippen molar-refractivity contribution in [3.8, 4) is 0 Å². The third kappa shape index (κ3) is 1.16. The molecule has 1 rings (SSSR count). The normalized spacial score (nSPS) is 28.3. The molecule has 0 aromatic heterocycles. The summed E-state index contributed by atoms with van der Waals surface area (Å²) in [6.45, 7) is 0. The summed E-state index contributed by atoms with van der Waals surface area (Å²) in [7, 11) is 0. The van der Waals surface area contributed by atoms with Crippen LogP contribution in [0.15, 0.2) is 24.1 Å². The Morgan fingerprint density at radius 2 is 2.11 bits per heavy atom.